The maximum atomic E-state index is 5.22. The predicted octanol–water partition coefficient (Wildman–Crippen LogP) is 4.48. The molecule has 0 aromatic carbocycles. The molecule has 0 aliphatic carbocycles. The van der Waals surface area contributed by atoms with E-state index in [2.05, 4.69) is 37.5 Å². The summed E-state index contributed by atoms with van der Waals surface area (Å²) >= 11 is 3.39. The molecule has 6 heteroatoms. The number of thiophene rings is 2. The second-order valence-corrected chi connectivity index (χ2v) is 7.49. The van der Waals surface area contributed by atoms with Crippen molar-refractivity contribution in [2.24, 2.45) is 0 Å². The molecular formula is C16H19N3OS2. The lowest BCUT2D eigenvalue weighted by Gasteiger charge is -2.15. The van der Waals surface area contributed by atoms with Gasteiger partial charge < -0.3 is 10.1 Å². The first-order valence-corrected chi connectivity index (χ1v) is 8.87. The lowest BCUT2D eigenvalue weighted by molar-refractivity contribution is 0.190. The van der Waals surface area contributed by atoms with Crippen molar-refractivity contribution in [3.05, 3.63) is 28.0 Å². The number of hydrogen-bond acceptors (Lipinski definition) is 6. The van der Waals surface area contributed by atoms with Crippen molar-refractivity contribution in [1.82, 2.24) is 9.97 Å². The van der Waals surface area contributed by atoms with Crippen LogP contribution in [0.4, 0.5) is 5.82 Å². The van der Waals surface area contributed by atoms with Gasteiger partial charge in [-0.3, -0.25) is 0 Å². The number of hydrogen-bond donors (Lipinski definition) is 1. The fraction of sp³-hybridized carbons (Fsp3) is 0.375. The third kappa shape index (κ3) is 2.86. The van der Waals surface area contributed by atoms with Crippen molar-refractivity contribution in [3.63, 3.8) is 0 Å². The maximum absolute atomic E-state index is 5.22. The highest BCUT2D eigenvalue weighted by Crippen LogP contribution is 2.35. The summed E-state index contributed by atoms with van der Waals surface area (Å²) in [6.07, 6.45) is 0. The SMILES string of the molecule is COC[C@@H](C)Nc1nc(-c2cccs2)nc2sc(C)c(C)c12. The molecule has 4 nitrogen and oxygen atoms in total. The lowest BCUT2D eigenvalue weighted by atomic mass is 10.2. The van der Waals surface area contributed by atoms with Gasteiger partial charge in [0.25, 0.3) is 0 Å². The quantitative estimate of drug-likeness (QED) is 0.747. The Balaban J connectivity index is 2.13. The Labute approximate surface area is 138 Å². The molecule has 22 heavy (non-hydrogen) atoms. The van der Waals surface area contributed by atoms with Crippen molar-refractivity contribution in [3.8, 4) is 10.7 Å². The van der Waals surface area contributed by atoms with Crippen LogP contribution in [-0.4, -0.2) is 29.7 Å². The lowest BCUT2D eigenvalue weighted by Crippen LogP contribution is -2.21. The zero-order valence-corrected chi connectivity index (χ0v) is 14.8. The number of fused-ring (bicyclic) bond motifs is 1. The first kappa shape index (κ1) is 15.4. The molecule has 0 unspecified atom stereocenters. The van der Waals surface area contributed by atoms with Gasteiger partial charge >= 0.3 is 0 Å². The Bertz CT molecular complexity index is 780. The topological polar surface area (TPSA) is 47.0 Å². The number of aromatic nitrogens is 2. The predicted molar refractivity (Wildman–Crippen MR) is 95.2 cm³/mol. The van der Waals surface area contributed by atoms with E-state index in [1.54, 1.807) is 29.8 Å². The largest absolute Gasteiger partial charge is 0.383 e. The van der Waals surface area contributed by atoms with Crippen LogP contribution < -0.4 is 5.32 Å². The molecule has 0 bridgehead atoms. The van der Waals surface area contributed by atoms with Gasteiger partial charge in [0.15, 0.2) is 5.82 Å². The van der Waals surface area contributed by atoms with Gasteiger partial charge in [0.05, 0.1) is 16.9 Å². The molecule has 3 heterocycles. The molecule has 1 atom stereocenters. The number of nitrogens with one attached hydrogen (secondary N) is 1. The molecule has 3 rings (SSSR count). The molecule has 3 aromatic rings. The Hall–Kier alpha value is -1.50. The first-order chi connectivity index (χ1) is 10.6. The van der Waals surface area contributed by atoms with Gasteiger partial charge in [0.1, 0.15) is 10.6 Å². The summed E-state index contributed by atoms with van der Waals surface area (Å²) in [6, 6.07) is 4.28. The molecule has 0 aliphatic heterocycles. The van der Waals surface area contributed by atoms with Gasteiger partial charge in [-0.2, -0.15) is 0 Å². The molecule has 0 saturated heterocycles. The highest BCUT2D eigenvalue weighted by atomic mass is 32.1. The van der Waals surface area contributed by atoms with Crippen LogP contribution in [0.15, 0.2) is 17.5 Å². The molecule has 1 N–H and O–H groups in total. The zero-order valence-electron chi connectivity index (χ0n) is 13.1. The first-order valence-electron chi connectivity index (χ1n) is 7.17. The molecule has 0 radical (unpaired) electrons. The standard InChI is InChI=1S/C16H19N3OS2/c1-9(8-20-4)17-15-13-10(2)11(3)22-16(13)19-14(18-15)12-6-5-7-21-12/h5-7,9H,8H2,1-4H3,(H,17,18,19)/t9-/m1/s1. The summed E-state index contributed by atoms with van der Waals surface area (Å²) in [7, 11) is 1.71. The Morgan fingerprint density at radius 2 is 2.14 bits per heavy atom. The van der Waals surface area contributed by atoms with Crippen molar-refractivity contribution in [2.75, 3.05) is 19.0 Å². The highest BCUT2D eigenvalue weighted by Gasteiger charge is 2.17. The fourth-order valence-electron chi connectivity index (χ4n) is 2.40. The molecule has 0 amide bonds. The van der Waals surface area contributed by atoms with E-state index in [1.165, 1.54) is 10.4 Å². The van der Waals surface area contributed by atoms with Crippen LogP contribution in [0.25, 0.3) is 20.9 Å². The number of aryl methyl sites for hydroxylation is 2. The van der Waals surface area contributed by atoms with Gasteiger partial charge in [-0.1, -0.05) is 6.07 Å². The van der Waals surface area contributed by atoms with Crippen LogP contribution in [0, 0.1) is 13.8 Å². The van der Waals surface area contributed by atoms with Crippen LogP contribution in [0.2, 0.25) is 0 Å². The van der Waals surface area contributed by atoms with Crippen LogP contribution in [-0.2, 0) is 4.74 Å². The van der Waals surface area contributed by atoms with E-state index in [4.69, 9.17) is 14.7 Å². The minimum absolute atomic E-state index is 0.193. The minimum Gasteiger partial charge on any atom is -0.383 e. The van der Waals surface area contributed by atoms with E-state index in [0.29, 0.717) is 6.61 Å². The Kier molecular flexibility index (Phi) is 4.42. The fourth-order valence-corrected chi connectivity index (χ4v) is 4.08. The van der Waals surface area contributed by atoms with E-state index in [1.807, 2.05) is 6.07 Å². The average Bonchev–Trinajstić information content (AvgIpc) is 3.08. The summed E-state index contributed by atoms with van der Waals surface area (Å²) < 4.78 is 5.22. The average molecular weight is 333 g/mol. The van der Waals surface area contributed by atoms with Crippen molar-refractivity contribution < 1.29 is 4.74 Å². The monoisotopic (exact) mass is 333 g/mol. The summed E-state index contributed by atoms with van der Waals surface area (Å²) in [4.78, 5) is 13.0. The van der Waals surface area contributed by atoms with Crippen LogP contribution in [0.3, 0.4) is 0 Å². The Morgan fingerprint density at radius 3 is 2.82 bits per heavy atom. The number of rotatable bonds is 5. The van der Waals surface area contributed by atoms with Gasteiger partial charge in [0.2, 0.25) is 0 Å². The van der Waals surface area contributed by atoms with Crippen molar-refractivity contribution in [1.29, 1.82) is 0 Å². The van der Waals surface area contributed by atoms with Gasteiger partial charge in [0, 0.05) is 18.0 Å². The summed E-state index contributed by atoms with van der Waals surface area (Å²) in [5.74, 6) is 1.69. The smallest absolute Gasteiger partial charge is 0.173 e. The second kappa shape index (κ2) is 6.32. The van der Waals surface area contributed by atoms with Crippen molar-refractivity contribution >= 4 is 38.7 Å². The highest BCUT2D eigenvalue weighted by molar-refractivity contribution is 7.19. The van der Waals surface area contributed by atoms with E-state index in [9.17, 15) is 0 Å². The number of anilines is 1. The number of ether oxygens (including phenoxy) is 1. The van der Waals surface area contributed by atoms with E-state index >= 15 is 0 Å². The maximum Gasteiger partial charge on any atom is 0.173 e. The molecular weight excluding hydrogens is 314 g/mol. The van der Waals surface area contributed by atoms with Gasteiger partial charge in [-0.05, 0) is 37.8 Å². The molecule has 0 spiro atoms. The molecule has 0 saturated carbocycles. The van der Waals surface area contributed by atoms with E-state index in [0.717, 1.165) is 26.7 Å². The second-order valence-electron chi connectivity index (χ2n) is 5.34. The summed E-state index contributed by atoms with van der Waals surface area (Å²) in [5, 5.41) is 6.66. The number of methoxy groups -OCH3 is 1. The Morgan fingerprint density at radius 1 is 1.32 bits per heavy atom. The van der Waals surface area contributed by atoms with Gasteiger partial charge in [-0.25, -0.2) is 9.97 Å². The third-order valence-corrected chi connectivity index (χ3v) is 5.54. The van der Waals surface area contributed by atoms with E-state index < -0.39 is 0 Å². The summed E-state index contributed by atoms with van der Waals surface area (Å²) in [6.45, 7) is 7.00. The zero-order chi connectivity index (χ0) is 15.7. The van der Waals surface area contributed by atoms with E-state index in [-0.39, 0.29) is 6.04 Å². The summed E-state index contributed by atoms with van der Waals surface area (Å²) in [5.41, 5.74) is 1.25. The molecule has 0 fully saturated rings. The molecule has 3 aromatic heterocycles. The van der Waals surface area contributed by atoms with Crippen LogP contribution >= 0.6 is 22.7 Å². The molecule has 0 aliphatic rings. The van der Waals surface area contributed by atoms with Crippen LogP contribution in [0.1, 0.15) is 17.4 Å². The minimum atomic E-state index is 0.193. The normalized spacial score (nSPS) is 12.7. The van der Waals surface area contributed by atoms with Crippen molar-refractivity contribution in [2.45, 2.75) is 26.8 Å². The van der Waals surface area contributed by atoms with Gasteiger partial charge in [-0.15, -0.1) is 22.7 Å². The molecule has 116 valence electrons. The van der Waals surface area contributed by atoms with Crippen LogP contribution in [0.5, 0.6) is 0 Å². The third-order valence-electron chi connectivity index (χ3n) is 3.57. The number of nitrogens with zero attached hydrogens (tertiary/aromatic N) is 2.